The summed E-state index contributed by atoms with van der Waals surface area (Å²) < 4.78 is 0. The smallest absolute Gasteiger partial charge is 0.227 e. The van der Waals surface area contributed by atoms with Gasteiger partial charge in [-0.3, -0.25) is 4.79 Å². The van der Waals surface area contributed by atoms with Crippen LogP contribution in [0.1, 0.15) is 50.6 Å². The molecule has 3 N–H and O–H groups in total. The van der Waals surface area contributed by atoms with Gasteiger partial charge in [0, 0.05) is 6.04 Å². The number of nitrogens with one attached hydrogen (secondary N) is 1. The predicted octanol–water partition coefficient (Wildman–Crippen LogP) is 2.77. The lowest BCUT2D eigenvalue weighted by molar-refractivity contribution is -0.131. The number of amides is 1. The van der Waals surface area contributed by atoms with Gasteiger partial charge in [-0.15, -0.1) is 0 Å². The van der Waals surface area contributed by atoms with Crippen LogP contribution in [0.3, 0.4) is 0 Å². The van der Waals surface area contributed by atoms with E-state index >= 15 is 0 Å². The fourth-order valence-electron chi connectivity index (χ4n) is 3.34. The van der Waals surface area contributed by atoms with Gasteiger partial charge in [-0.1, -0.05) is 36.8 Å². The second kappa shape index (κ2) is 5.21. The maximum Gasteiger partial charge on any atom is 0.227 e. The number of rotatable bonds is 4. The maximum absolute atomic E-state index is 12.7. The molecule has 3 nitrogen and oxygen atoms in total. The summed E-state index contributed by atoms with van der Waals surface area (Å²) in [5.41, 5.74) is 6.99. The van der Waals surface area contributed by atoms with Crippen molar-refractivity contribution in [2.24, 2.45) is 17.1 Å². The Morgan fingerprint density at radius 3 is 2.55 bits per heavy atom. The van der Waals surface area contributed by atoms with E-state index in [-0.39, 0.29) is 23.4 Å². The van der Waals surface area contributed by atoms with Gasteiger partial charge in [0.05, 0.1) is 11.5 Å². The molecular weight excluding hydrogens is 248 g/mol. The molecule has 3 rings (SSSR count). The second-order valence-electron chi connectivity index (χ2n) is 6.62. The van der Waals surface area contributed by atoms with Crippen LogP contribution in [0.4, 0.5) is 0 Å². The van der Waals surface area contributed by atoms with Gasteiger partial charge in [0.1, 0.15) is 0 Å². The SMILES string of the molecule is CC1(C(=O)NC(c2ccccc2)C2CC2)CCCC1N. The minimum absolute atomic E-state index is 0.00173. The highest BCUT2D eigenvalue weighted by Crippen LogP contribution is 2.43. The molecule has 108 valence electrons. The molecule has 3 heteroatoms. The van der Waals surface area contributed by atoms with Crippen LogP contribution in [-0.4, -0.2) is 11.9 Å². The van der Waals surface area contributed by atoms with E-state index in [0.717, 1.165) is 19.3 Å². The van der Waals surface area contributed by atoms with E-state index in [0.29, 0.717) is 5.92 Å². The number of carbonyl (C=O) groups excluding carboxylic acids is 1. The molecule has 0 bridgehead atoms. The van der Waals surface area contributed by atoms with E-state index in [2.05, 4.69) is 17.4 Å². The third-order valence-corrected chi connectivity index (χ3v) is 5.09. The Kier molecular flexibility index (Phi) is 3.55. The highest BCUT2D eigenvalue weighted by molar-refractivity contribution is 5.84. The average Bonchev–Trinajstić information content (AvgIpc) is 3.24. The van der Waals surface area contributed by atoms with E-state index in [4.69, 9.17) is 5.73 Å². The van der Waals surface area contributed by atoms with Gasteiger partial charge in [-0.2, -0.15) is 0 Å². The highest BCUT2D eigenvalue weighted by Gasteiger charge is 2.45. The third kappa shape index (κ3) is 2.47. The Labute approximate surface area is 120 Å². The minimum atomic E-state index is -0.387. The van der Waals surface area contributed by atoms with Gasteiger partial charge in [-0.25, -0.2) is 0 Å². The van der Waals surface area contributed by atoms with Crippen LogP contribution < -0.4 is 11.1 Å². The lowest BCUT2D eigenvalue weighted by atomic mass is 9.83. The summed E-state index contributed by atoms with van der Waals surface area (Å²) in [7, 11) is 0. The Morgan fingerprint density at radius 1 is 1.30 bits per heavy atom. The minimum Gasteiger partial charge on any atom is -0.348 e. The molecule has 2 aliphatic carbocycles. The van der Waals surface area contributed by atoms with Crippen molar-refractivity contribution >= 4 is 5.91 Å². The van der Waals surface area contributed by atoms with E-state index < -0.39 is 0 Å². The summed E-state index contributed by atoms with van der Waals surface area (Å²) in [5, 5.41) is 3.29. The zero-order chi connectivity index (χ0) is 14.2. The van der Waals surface area contributed by atoms with Crippen LogP contribution in [0, 0.1) is 11.3 Å². The lowest BCUT2D eigenvalue weighted by Crippen LogP contribution is -2.48. The molecule has 2 fully saturated rings. The Bertz CT molecular complexity index is 483. The summed E-state index contributed by atoms with van der Waals surface area (Å²) in [6.45, 7) is 2.02. The van der Waals surface area contributed by atoms with Crippen LogP contribution in [0.15, 0.2) is 30.3 Å². The van der Waals surface area contributed by atoms with E-state index in [1.54, 1.807) is 0 Å². The van der Waals surface area contributed by atoms with Crippen LogP contribution in [0.5, 0.6) is 0 Å². The van der Waals surface area contributed by atoms with Gasteiger partial charge in [0.2, 0.25) is 5.91 Å². The summed E-state index contributed by atoms with van der Waals surface area (Å²) >= 11 is 0. The zero-order valence-electron chi connectivity index (χ0n) is 12.1. The third-order valence-electron chi connectivity index (χ3n) is 5.09. The Morgan fingerprint density at radius 2 is 2.00 bits per heavy atom. The monoisotopic (exact) mass is 272 g/mol. The van der Waals surface area contributed by atoms with Gasteiger partial charge in [-0.05, 0) is 44.1 Å². The number of nitrogens with two attached hydrogens (primary N) is 1. The van der Waals surface area contributed by atoms with Crippen molar-refractivity contribution in [3.8, 4) is 0 Å². The Balaban J connectivity index is 1.76. The molecule has 2 aliphatic rings. The van der Waals surface area contributed by atoms with E-state index in [9.17, 15) is 4.79 Å². The first kappa shape index (κ1) is 13.6. The summed E-state index contributed by atoms with van der Waals surface area (Å²) in [6, 6.07) is 10.5. The van der Waals surface area contributed by atoms with Gasteiger partial charge < -0.3 is 11.1 Å². The molecule has 0 aromatic heterocycles. The molecule has 0 radical (unpaired) electrons. The summed E-state index contributed by atoms with van der Waals surface area (Å²) in [5.74, 6) is 0.742. The van der Waals surface area contributed by atoms with E-state index in [1.807, 2.05) is 25.1 Å². The fourth-order valence-corrected chi connectivity index (χ4v) is 3.34. The topological polar surface area (TPSA) is 55.1 Å². The van der Waals surface area contributed by atoms with Gasteiger partial charge >= 0.3 is 0 Å². The van der Waals surface area contributed by atoms with Gasteiger partial charge in [0.15, 0.2) is 0 Å². The molecule has 0 aliphatic heterocycles. The first-order valence-electron chi connectivity index (χ1n) is 7.73. The molecule has 1 aromatic rings. The predicted molar refractivity (Wildman–Crippen MR) is 80.0 cm³/mol. The average molecular weight is 272 g/mol. The largest absolute Gasteiger partial charge is 0.348 e. The molecule has 1 amide bonds. The number of hydrogen-bond acceptors (Lipinski definition) is 2. The van der Waals surface area contributed by atoms with Crippen LogP contribution >= 0.6 is 0 Å². The fraction of sp³-hybridized carbons (Fsp3) is 0.588. The number of carbonyl (C=O) groups is 1. The van der Waals surface area contributed by atoms with Crippen molar-refractivity contribution in [2.75, 3.05) is 0 Å². The van der Waals surface area contributed by atoms with Crippen molar-refractivity contribution in [2.45, 2.75) is 51.1 Å². The molecule has 0 saturated heterocycles. The molecule has 0 heterocycles. The van der Waals surface area contributed by atoms with E-state index in [1.165, 1.54) is 18.4 Å². The number of benzene rings is 1. The van der Waals surface area contributed by atoms with Crippen LogP contribution in [0.25, 0.3) is 0 Å². The van der Waals surface area contributed by atoms with Crippen LogP contribution in [-0.2, 0) is 4.79 Å². The van der Waals surface area contributed by atoms with Gasteiger partial charge in [0.25, 0.3) is 0 Å². The molecule has 2 saturated carbocycles. The van der Waals surface area contributed by atoms with Crippen molar-refractivity contribution in [1.29, 1.82) is 0 Å². The van der Waals surface area contributed by atoms with Crippen molar-refractivity contribution in [1.82, 2.24) is 5.32 Å². The first-order valence-corrected chi connectivity index (χ1v) is 7.73. The quantitative estimate of drug-likeness (QED) is 0.885. The molecule has 3 atom stereocenters. The molecular formula is C17H24N2O. The maximum atomic E-state index is 12.7. The molecule has 1 aromatic carbocycles. The van der Waals surface area contributed by atoms with Crippen molar-refractivity contribution in [3.63, 3.8) is 0 Å². The summed E-state index contributed by atoms with van der Waals surface area (Å²) in [6.07, 6.45) is 5.35. The Hall–Kier alpha value is -1.35. The molecule has 3 unspecified atom stereocenters. The highest BCUT2D eigenvalue weighted by atomic mass is 16.2. The first-order chi connectivity index (χ1) is 9.61. The van der Waals surface area contributed by atoms with Crippen molar-refractivity contribution < 1.29 is 4.79 Å². The second-order valence-corrected chi connectivity index (χ2v) is 6.62. The number of hydrogen-bond donors (Lipinski definition) is 2. The standard InChI is InChI=1S/C17H24N2O/c1-17(11-5-8-14(17)18)16(20)19-15(13-9-10-13)12-6-3-2-4-7-12/h2-4,6-7,13-15H,5,8-11,18H2,1H3,(H,19,20). The molecule has 20 heavy (non-hydrogen) atoms. The summed E-state index contributed by atoms with van der Waals surface area (Å²) in [4.78, 5) is 12.7. The zero-order valence-corrected chi connectivity index (χ0v) is 12.1. The normalized spacial score (nSPS) is 31.0. The molecule has 0 spiro atoms. The van der Waals surface area contributed by atoms with Crippen LogP contribution in [0.2, 0.25) is 0 Å². The van der Waals surface area contributed by atoms with Crippen molar-refractivity contribution in [3.05, 3.63) is 35.9 Å². The lowest BCUT2D eigenvalue weighted by Gasteiger charge is -2.30.